The molecule has 2 atom stereocenters. The van der Waals surface area contributed by atoms with Crippen molar-refractivity contribution in [2.24, 2.45) is 0 Å². The van der Waals surface area contributed by atoms with E-state index >= 15 is 0 Å². The standard InChI is InChI=1S/C13H16N2O3/c1-8(16)14-6-5-13-10-7-9(17-2)3-4-11(10)15-12(13)18-13/h3-4,7,12,15H,5-6H2,1-2H3,(H,14,16). The molecule has 96 valence electrons. The van der Waals surface area contributed by atoms with Gasteiger partial charge >= 0.3 is 0 Å². The van der Waals surface area contributed by atoms with Gasteiger partial charge in [-0.05, 0) is 18.2 Å². The maximum atomic E-state index is 10.9. The van der Waals surface area contributed by atoms with Crippen LogP contribution in [0.5, 0.6) is 5.75 Å². The van der Waals surface area contributed by atoms with Crippen molar-refractivity contribution >= 4 is 11.6 Å². The number of benzene rings is 1. The van der Waals surface area contributed by atoms with E-state index in [4.69, 9.17) is 9.47 Å². The Hall–Kier alpha value is -1.75. The van der Waals surface area contributed by atoms with Crippen molar-refractivity contribution in [1.29, 1.82) is 0 Å². The molecule has 1 amide bonds. The molecule has 1 fully saturated rings. The topological polar surface area (TPSA) is 62.9 Å². The summed E-state index contributed by atoms with van der Waals surface area (Å²) in [5.74, 6) is 0.811. The van der Waals surface area contributed by atoms with Crippen LogP contribution in [0.15, 0.2) is 18.2 Å². The van der Waals surface area contributed by atoms with E-state index in [0.717, 1.165) is 23.4 Å². The lowest BCUT2D eigenvalue weighted by atomic mass is 9.96. The predicted molar refractivity (Wildman–Crippen MR) is 66.5 cm³/mol. The minimum absolute atomic E-state index is 0.0135. The van der Waals surface area contributed by atoms with E-state index < -0.39 is 0 Å². The Balaban J connectivity index is 1.79. The fraction of sp³-hybridized carbons (Fsp3) is 0.462. The van der Waals surface area contributed by atoms with Crippen molar-refractivity contribution in [3.05, 3.63) is 23.8 Å². The Morgan fingerprint density at radius 3 is 3.17 bits per heavy atom. The lowest BCUT2D eigenvalue weighted by molar-refractivity contribution is -0.119. The summed E-state index contributed by atoms with van der Waals surface area (Å²) in [6.45, 7) is 2.14. The average molecular weight is 248 g/mol. The number of fused-ring (bicyclic) bond motifs is 3. The highest BCUT2D eigenvalue weighted by molar-refractivity contribution is 5.72. The van der Waals surface area contributed by atoms with Gasteiger partial charge in [0.2, 0.25) is 5.91 Å². The van der Waals surface area contributed by atoms with Crippen LogP contribution in [0.1, 0.15) is 18.9 Å². The van der Waals surface area contributed by atoms with Crippen molar-refractivity contribution in [3.8, 4) is 5.75 Å². The molecule has 0 saturated carbocycles. The third-order valence-electron chi connectivity index (χ3n) is 3.53. The highest BCUT2D eigenvalue weighted by atomic mass is 16.6. The van der Waals surface area contributed by atoms with Crippen molar-refractivity contribution < 1.29 is 14.3 Å². The second kappa shape index (κ2) is 3.88. The molecule has 0 aromatic heterocycles. The fourth-order valence-corrected chi connectivity index (χ4v) is 2.54. The van der Waals surface area contributed by atoms with Gasteiger partial charge in [0.05, 0.1) is 7.11 Å². The quantitative estimate of drug-likeness (QED) is 0.786. The molecule has 0 radical (unpaired) electrons. The molecule has 5 nitrogen and oxygen atoms in total. The summed E-state index contributed by atoms with van der Waals surface area (Å²) in [6.07, 6.45) is 0.804. The normalized spacial score (nSPS) is 26.9. The summed E-state index contributed by atoms with van der Waals surface area (Å²) in [5, 5.41) is 6.12. The van der Waals surface area contributed by atoms with E-state index in [-0.39, 0.29) is 17.7 Å². The Labute approximate surface area is 105 Å². The second-order valence-corrected chi connectivity index (χ2v) is 4.68. The number of hydrogen-bond donors (Lipinski definition) is 2. The van der Waals surface area contributed by atoms with E-state index in [1.54, 1.807) is 7.11 Å². The second-order valence-electron chi connectivity index (χ2n) is 4.68. The van der Waals surface area contributed by atoms with Crippen molar-refractivity contribution in [1.82, 2.24) is 5.32 Å². The van der Waals surface area contributed by atoms with Gasteiger partial charge in [-0.25, -0.2) is 0 Å². The Morgan fingerprint density at radius 2 is 2.44 bits per heavy atom. The zero-order chi connectivity index (χ0) is 12.8. The first kappa shape index (κ1) is 11.3. The summed E-state index contributed by atoms with van der Waals surface area (Å²) < 4.78 is 11.0. The van der Waals surface area contributed by atoms with Crippen LogP contribution >= 0.6 is 0 Å². The molecule has 0 bridgehead atoms. The third kappa shape index (κ3) is 1.62. The number of carbonyl (C=O) groups excluding carboxylic acids is 1. The van der Waals surface area contributed by atoms with Crippen LogP contribution in [0.25, 0.3) is 0 Å². The average Bonchev–Trinajstić information content (AvgIpc) is 2.96. The molecule has 2 N–H and O–H groups in total. The molecule has 1 aromatic rings. The number of methoxy groups -OCH3 is 1. The summed E-state index contributed by atoms with van der Waals surface area (Å²) in [7, 11) is 1.65. The Kier molecular flexibility index (Phi) is 2.45. The molecule has 2 heterocycles. The first-order valence-corrected chi connectivity index (χ1v) is 6.03. The summed E-state index contributed by atoms with van der Waals surface area (Å²) in [4.78, 5) is 10.9. The van der Waals surface area contributed by atoms with Gasteiger partial charge < -0.3 is 20.1 Å². The lowest BCUT2D eigenvalue weighted by Crippen LogP contribution is -2.25. The van der Waals surface area contributed by atoms with Gasteiger partial charge in [0.15, 0.2) is 6.23 Å². The maximum Gasteiger partial charge on any atom is 0.216 e. The summed E-state index contributed by atoms with van der Waals surface area (Å²) in [6, 6.07) is 5.94. The number of anilines is 1. The minimum Gasteiger partial charge on any atom is -0.497 e. The van der Waals surface area contributed by atoms with E-state index in [9.17, 15) is 4.79 Å². The summed E-state index contributed by atoms with van der Waals surface area (Å²) in [5.41, 5.74) is 1.93. The lowest BCUT2D eigenvalue weighted by Gasteiger charge is -2.12. The Morgan fingerprint density at radius 1 is 1.61 bits per heavy atom. The smallest absolute Gasteiger partial charge is 0.216 e. The van der Waals surface area contributed by atoms with Crippen molar-refractivity contribution in [2.45, 2.75) is 25.2 Å². The number of epoxide rings is 1. The Bertz CT molecular complexity index is 503. The highest BCUT2D eigenvalue weighted by Gasteiger charge is 2.62. The fourth-order valence-electron chi connectivity index (χ4n) is 2.54. The number of rotatable bonds is 4. The molecular formula is C13H16N2O3. The van der Waals surface area contributed by atoms with Crippen LogP contribution < -0.4 is 15.4 Å². The van der Waals surface area contributed by atoms with Gasteiger partial charge in [-0.2, -0.15) is 0 Å². The molecule has 5 heteroatoms. The SMILES string of the molecule is COc1ccc2c(c1)C1(CCNC(C)=O)OC1N2. The van der Waals surface area contributed by atoms with E-state index in [0.29, 0.717) is 6.54 Å². The summed E-state index contributed by atoms with van der Waals surface area (Å²) >= 11 is 0. The molecule has 1 saturated heterocycles. The first-order chi connectivity index (χ1) is 8.65. The maximum absolute atomic E-state index is 10.9. The zero-order valence-electron chi connectivity index (χ0n) is 10.4. The van der Waals surface area contributed by atoms with E-state index in [1.165, 1.54) is 6.92 Å². The van der Waals surface area contributed by atoms with Crippen LogP contribution in [-0.4, -0.2) is 25.8 Å². The predicted octanol–water partition coefficient (Wildman–Crippen LogP) is 1.20. The van der Waals surface area contributed by atoms with E-state index in [2.05, 4.69) is 10.6 Å². The van der Waals surface area contributed by atoms with Crippen LogP contribution in [0.3, 0.4) is 0 Å². The molecular weight excluding hydrogens is 232 g/mol. The monoisotopic (exact) mass is 248 g/mol. The molecule has 2 aliphatic heterocycles. The van der Waals surface area contributed by atoms with Gasteiger partial charge in [-0.1, -0.05) is 0 Å². The molecule has 0 spiro atoms. The molecule has 1 aromatic carbocycles. The van der Waals surface area contributed by atoms with Gasteiger partial charge in [0.25, 0.3) is 0 Å². The van der Waals surface area contributed by atoms with Crippen LogP contribution in [-0.2, 0) is 15.1 Å². The first-order valence-electron chi connectivity index (χ1n) is 6.03. The number of ether oxygens (including phenoxy) is 2. The van der Waals surface area contributed by atoms with Crippen molar-refractivity contribution in [2.75, 3.05) is 19.0 Å². The van der Waals surface area contributed by atoms with E-state index in [1.807, 2.05) is 18.2 Å². The molecule has 18 heavy (non-hydrogen) atoms. The third-order valence-corrected chi connectivity index (χ3v) is 3.53. The van der Waals surface area contributed by atoms with Crippen LogP contribution in [0, 0.1) is 0 Å². The van der Waals surface area contributed by atoms with Gasteiger partial charge in [-0.3, -0.25) is 4.79 Å². The van der Waals surface area contributed by atoms with Gasteiger partial charge in [-0.15, -0.1) is 0 Å². The number of hydrogen-bond acceptors (Lipinski definition) is 4. The number of amides is 1. The molecule has 0 aliphatic carbocycles. The molecule has 3 rings (SSSR count). The zero-order valence-corrected chi connectivity index (χ0v) is 10.4. The largest absolute Gasteiger partial charge is 0.497 e. The number of nitrogens with one attached hydrogen (secondary N) is 2. The number of carbonyl (C=O) groups is 1. The van der Waals surface area contributed by atoms with Gasteiger partial charge in [0, 0.05) is 31.1 Å². The van der Waals surface area contributed by atoms with Crippen molar-refractivity contribution in [3.63, 3.8) is 0 Å². The van der Waals surface area contributed by atoms with Crippen LogP contribution in [0.4, 0.5) is 5.69 Å². The van der Waals surface area contributed by atoms with Gasteiger partial charge in [0.1, 0.15) is 11.4 Å². The highest BCUT2D eigenvalue weighted by Crippen LogP contribution is 2.57. The molecule has 2 aliphatic rings. The molecule has 2 unspecified atom stereocenters. The minimum atomic E-state index is -0.285. The van der Waals surface area contributed by atoms with Crippen LogP contribution in [0.2, 0.25) is 0 Å².